The van der Waals surface area contributed by atoms with Gasteiger partial charge in [0.25, 0.3) is 0 Å². The molecule has 0 heterocycles. The zero-order valence-corrected chi connectivity index (χ0v) is 20.5. The van der Waals surface area contributed by atoms with Crippen LogP contribution >= 0.6 is 0 Å². The smallest absolute Gasteiger partial charge is 0.247 e. The second kappa shape index (κ2) is 12.1. The number of nitrogens with zero attached hydrogens (tertiary/aromatic N) is 1. The molecule has 4 aromatic rings. The fourth-order valence-corrected chi connectivity index (χ4v) is 3.79. The first-order valence-corrected chi connectivity index (χ1v) is 11.7. The predicted molar refractivity (Wildman–Crippen MR) is 140 cm³/mol. The van der Waals surface area contributed by atoms with Gasteiger partial charge in [-0.15, -0.1) is 0 Å². The number of methoxy groups -OCH3 is 1. The van der Waals surface area contributed by atoms with Crippen molar-refractivity contribution in [1.82, 2.24) is 5.32 Å². The Labute approximate surface area is 220 Å². The summed E-state index contributed by atoms with van der Waals surface area (Å²) in [4.78, 5) is 24.8. The number of hydrogen-bond donors (Lipinski definition) is 2. The Kier molecular flexibility index (Phi) is 8.21. The van der Waals surface area contributed by atoms with E-state index in [1.165, 1.54) is 19.2 Å². The Hall–Kier alpha value is -5.29. The fraction of sp³-hybridized carbons (Fsp3) is 0.100. The van der Waals surface area contributed by atoms with Crippen LogP contribution in [0.1, 0.15) is 33.1 Å². The molecule has 0 radical (unpaired) electrons. The minimum atomic E-state index is -1.36. The molecule has 0 aliphatic heterocycles. The van der Waals surface area contributed by atoms with E-state index >= 15 is 0 Å². The van der Waals surface area contributed by atoms with Gasteiger partial charge >= 0.3 is 0 Å². The molecule has 2 N–H and O–H groups in total. The van der Waals surface area contributed by atoms with Crippen LogP contribution < -0.4 is 25.2 Å². The molecule has 0 fully saturated rings. The lowest BCUT2D eigenvalue weighted by Crippen LogP contribution is -2.33. The van der Waals surface area contributed by atoms with Gasteiger partial charge < -0.3 is 30.0 Å². The molecule has 1 unspecified atom stereocenters. The van der Waals surface area contributed by atoms with Crippen molar-refractivity contribution in [2.75, 3.05) is 12.4 Å². The van der Waals surface area contributed by atoms with E-state index in [0.717, 1.165) is 5.56 Å². The number of carbonyl (C=O) groups excluding carboxylic acids is 2. The normalized spacial score (nSPS) is 11.1. The summed E-state index contributed by atoms with van der Waals surface area (Å²) in [5.74, 6) is -0.967. The van der Waals surface area contributed by atoms with E-state index in [1.807, 2.05) is 30.3 Å². The highest BCUT2D eigenvalue weighted by Crippen LogP contribution is 2.36. The molecule has 1 amide bonds. The number of carboxylic acid groups (broad SMARTS) is 1. The first-order chi connectivity index (χ1) is 18.5. The third kappa shape index (κ3) is 6.28. The van der Waals surface area contributed by atoms with Gasteiger partial charge in [-0.05, 0) is 59.7 Å². The maximum Gasteiger partial charge on any atom is 0.247 e. The summed E-state index contributed by atoms with van der Waals surface area (Å²) in [5, 5.41) is 26.7. The van der Waals surface area contributed by atoms with Crippen molar-refractivity contribution in [3.63, 3.8) is 0 Å². The quantitative estimate of drug-likeness (QED) is 0.331. The minimum absolute atomic E-state index is 0.0979. The number of carboxylic acids is 1. The van der Waals surface area contributed by atoms with E-state index < -0.39 is 12.0 Å². The number of amides is 1. The molecule has 0 bridgehead atoms. The molecule has 4 rings (SSSR count). The van der Waals surface area contributed by atoms with Crippen LogP contribution in [0.25, 0.3) is 0 Å². The summed E-state index contributed by atoms with van der Waals surface area (Å²) < 4.78 is 11.4. The van der Waals surface area contributed by atoms with Crippen LogP contribution in [0.5, 0.6) is 17.2 Å². The van der Waals surface area contributed by atoms with Crippen molar-refractivity contribution >= 4 is 17.6 Å². The van der Waals surface area contributed by atoms with E-state index in [-0.39, 0.29) is 23.0 Å². The largest absolute Gasteiger partial charge is 0.545 e. The van der Waals surface area contributed by atoms with E-state index in [9.17, 15) is 14.7 Å². The summed E-state index contributed by atoms with van der Waals surface area (Å²) in [6.07, 6.45) is 0. The molecule has 0 aliphatic rings. The monoisotopic (exact) mass is 506 g/mol. The maximum atomic E-state index is 13.4. The Morgan fingerprint density at radius 3 is 2.29 bits per heavy atom. The number of nitrogens with one attached hydrogen (secondary N) is 2. The van der Waals surface area contributed by atoms with Crippen molar-refractivity contribution < 1.29 is 24.2 Å². The van der Waals surface area contributed by atoms with Gasteiger partial charge in [0.15, 0.2) is 11.5 Å². The average molecular weight is 507 g/mol. The molecule has 0 aromatic heterocycles. The number of hydrogen-bond acceptors (Lipinski definition) is 7. The van der Waals surface area contributed by atoms with Gasteiger partial charge in [-0.3, -0.25) is 4.79 Å². The van der Waals surface area contributed by atoms with Gasteiger partial charge in [-0.2, -0.15) is 5.26 Å². The van der Waals surface area contributed by atoms with E-state index in [4.69, 9.17) is 14.7 Å². The van der Waals surface area contributed by atoms with Crippen molar-refractivity contribution in [3.8, 4) is 23.3 Å². The van der Waals surface area contributed by atoms with Crippen LogP contribution in [0.15, 0.2) is 97.1 Å². The molecule has 0 aliphatic carbocycles. The SMILES string of the molecule is COc1cc(C(Nc2ccc(C#N)cc2)C(=O)NCc2ccccc2)ccc1Oc1ccccc1C(=O)[O-]. The number of ether oxygens (including phenoxy) is 2. The van der Waals surface area contributed by atoms with Crippen LogP contribution in [-0.2, 0) is 11.3 Å². The van der Waals surface area contributed by atoms with Crippen LogP contribution in [0.3, 0.4) is 0 Å². The van der Waals surface area contributed by atoms with E-state index in [1.54, 1.807) is 54.6 Å². The Morgan fingerprint density at radius 2 is 1.61 bits per heavy atom. The highest BCUT2D eigenvalue weighted by atomic mass is 16.5. The minimum Gasteiger partial charge on any atom is -0.545 e. The average Bonchev–Trinajstić information content (AvgIpc) is 2.96. The number of carbonyl (C=O) groups is 2. The lowest BCUT2D eigenvalue weighted by Gasteiger charge is -2.22. The number of nitriles is 1. The number of para-hydroxylation sites is 1. The fourth-order valence-electron chi connectivity index (χ4n) is 3.79. The number of anilines is 1. The van der Waals surface area contributed by atoms with Gasteiger partial charge in [0.05, 0.1) is 24.7 Å². The van der Waals surface area contributed by atoms with E-state index in [0.29, 0.717) is 29.1 Å². The van der Waals surface area contributed by atoms with Crippen molar-refractivity contribution in [2.45, 2.75) is 12.6 Å². The summed E-state index contributed by atoms with van der Waals surface area (Å²) in [7, 11) is 1.45. The van der Waals surface area contributed by atoms with Gasteiger partial charge in [0, 0.05) is 17.8 Å². The van der Waals surface area contributed by atoms with Gasteiger partial charge in [-0.1, -0.05) is 48.5 Å². The standard InChI is InChI=1S/C30H25N3O5/c1-37-27-17-22(13-16-26(27)38-25-10-6-5-9-24(25)30(35)36)28(33-23-14-11-20(18-31)12-15-23)29(34)32-19-21-7-3-2-4-8-21/h2-17,28,33H,19H2,1H3,(H,32,34)(H,35,36)/p-1. The highest BCUT2D eigenvalue weighted by Gasteiger charge is 2.23. The van der Waals surface area contributed by atoms with Crippen LogP contribution in [-0.4, -0.2) is 19.0 Å². The van der Waals surface area contributed by atoms with E-state index in [2.05, 4.69) is 16.7 Å². The number of benzene rings is 4. The van der Waals surface area contributed by atoms with Gasteiger partial charge in [0.2, 0.25) is 5.91 Å². The zero-order valence-electron chi connectivity index (χ0n) is 20.5. The van der Waals surface area contributed by atoms with Crippen molar-refractivity contribution in [2.24, 2.45) is 0 Å². The summed E-state index contributed by atoms with van der Waals surface area (Å²) in [6, 6.07) is 28.7. The summed E-state index contributed by atoms with van der Waals surface area (Å²) in [5.41, 5.74) is 2.58. The number of aromatic carboxylic acids is 1. The topological polar surface area (TPSA) is 124 Å². The molecule has 8 heteroatoms. The van der Waals surface area contributed by atoms with Crippen LogP contribution in [0.4, 0.5) is 5.69 Å². The zero-order chi connectivity index (χ0) is 26.9. The summed E-state index contributed by atoms with van der Waals surface area (Å²) in [6.45, 7) is 0.337. The summed E-state index contributed by atoms with van der Waals surface area (Å²) >= 11 is 0. The lowest BCUT2D eigenvalue weighted by molar-refractivity contribution is -0.255. The van der Waals surface area contributed by atoms with Crippen molar-refractivity contribution in [1.29, 1.82) is 5.26 Å². The molecular weight excluding hydrogens is 482 g/mol. The molecule has 0 saturated carbocycles. The second-order valence-corrected chi connectivity index (χ2v) is 8.27. The third-order valence-electron chi connectivity index (χ3n) is 5.74. The molecule has 1 atom stereocenters. The van der Waals surface area contributed by atoms with Gasteiger partial charge in [-0.25, -0.2) is 0 Å². The highest BCUT2D eigenvalue weighted by molar-refractivity contribution is 5.89. The molecule has 4 aromatic carbocycles. The first-order valence-electron chi connectivity index (χ1n) is 11.7. The predicted octanol–water partition coefficient (Wildman–Crippen LogP) is 4.19. The number of rotatable bonds is 10. The molecule has 0 saturated heterocycles. The first kappa shape index (κ1) is 25.8. The Bertz CT molecular complexity index is 1460. The Balaban J connectivity index is 1.63. The maximum absolute atomic E-state index is 13.4. The van der Waals surface area contributed by atoms with Crippen LogP contribution in [0, 0.1) is 11.3 Å². The third-order valence-corrected chi connectivity index (χ3v) is 5.74. The molecule has 190 valence electrons. The Morgan fingerprint density at radius 1 is 0.895 bits per heavy atom. The second-order valence-electron chi connectivity index (χ2n) is 8.27. The van der Waals surface area contributed by atoms with Gasteiger partial charge in [0.1, 0.15) is 11.8 Å². The molecule has 8 nitrogen and oxygen atoms in total. The molecule has 38 heavy (non-hydrogen) atoms. The molecule has 0 spiro atoms. The van der Waals surface area contributed by atoms with Crippen molar-refractivity contribution in [3.05, 3.63) is 119 Å². The van der Waals surface area contributed by atoms with Crippen LogP contribution in [0.2, 0.25) is 0 Å². The molecular formula is C30H24N3O5-. The lowest BCUT2D eigenvalue weighted by atomic mass is 10.0.